The highest BCUT2D eigenvalue weighted by molar-refractivity contribution is 6.30. The van der Waals surface area contributed by atoms with Crippen LogP contribution in [-0.2, 0) is 4.79 Å². The van der Waals surface area contributed by atoms with Crippen molar-refractivity contribution < 1.29 is 23.8 Å². The number of nitrogens with zero attached hydrogens (tertiary/aromatic N) is 1. The van der Waals surface area contributed by atoms with Crippen LogP contribution in [0.1, 0.15) is 12.8 Å². The van der Waals surface area contributed by atoms with Gasteiger partial charge in [0.25, 0.3) is 5.91 Å². The minimum absolute atomic E-state index is 0.00234. The van der Waals surface area contributed by atoms with Crippen LogP contribution in [0.15, 0.2) is 18.2 Å². The number of carbonyl (C=O) groups excluding carboxylic acids is 1. The van der Waals surface area contributed by atoms with Crippen LogP contribution in [-0.4, -0.2) is 47.7 Å². The lowest BCUT2D eigenvalue weighted by molar-refractivity contribution is -0.128. The molecule has 1 aromatic rings. The van der Waals surface area contributed by atoms with Crippen molar-refractivity contribution >= 4 is 23.6 Å². The first-order valence-electron chi connectivity index (χ1n) is 7.22. The van der Waals surface area contributed by atoms with Gasteiger partial charge in [0.2, 0.25) is 0 Å². The smallest absolute Gasteiger partial charge is 0.407 e. The zero-order valence-corrected chi connectivity index (χ0v) is 13.0. The number of rotatable bonds is 4. The van der Waals surface area contributed by atoms with Crippen molar-refractivity contribution in [1.82, 2.24) is 10.2 Å². The molecule has 3 rings (SSSR count). The average molecular weight is 343 g/mol. The van der Waals surface area contributed by atoms with E-state index in [0.29, 0.717) is 13.1 Å². The third kappa shape index (κ3) is 3.34. The van der Waals surface area contributed by atoms with Gasteiger partial charge in [0.05, 0.1) is 5.02 Å². The molecule has 0 bridgehead atoms. The van der Waals surface area contributed by atoms with Gasteiger partial charge in [-0.05, 0) is 25.0 Å². The van der Waals surface area contributed by atoms with E-state index in [9.17, 15) is 14.0 Å². The van der Waals surface area contributed by atoms with Gasteiger partial charge in [-0.1, -0.05) is 11.6 Å². The van der Waals surface area contributed by atoms with Gasteiger partial charge in [-0.2, -0.15) is 0 Å². The Bertz CT molecular complexity index is 640. The van der Waals surface area contributed by atoms with Crippen molar-refractivity contribution in [3.63, 3.8) is 0 Å². The molecule has 2 amide bonds. The van der Waals surface area contributed by atoms with Crippen LogP contribution in [0.5, 0.6) is 5.75 Å². The van der Waals surface area contributed by atoms with Gasteiger partial charge in [0.1, 0.15) is 11.6 Å². The quantitative estimate of drug-likeness (QED) is 0.878. The molecule has 8 heteroatoms. The highest BCUT2D eigenvalue weighted by Gasteiger charge is 2.54. The second-order valence-corrected chi connectivity index (χ2v) is 6.58. The van der Waals surface area contributed by atoms with Crippen LogP contribution < -0.4 is 10.1 Å². The van der Waals surface area contributed by atoms with E-state index in [0.717, 1.165) is 18.9 Å². The van der Waals surface area contributed by atoms with E-state index < -0.39 is 11.9 Å². The summed E-state index contributed by atoms with van der Waals surface area (Å²) in [7, 11) is 0. The van der Waals surface area contributed by atoms with Crippen molar-refractivity contribution in [2.24, 2.45) is 5.41 Å². The fourth-order valence-electron chi connectivity index (χ4n) is 3.23. The standard InChI is InChI=1S/C15H16ClFN2O4/c16-11-2-1-10(3-12(11)17)23-6-13(20)18-9-4-15(5-9)7-19(8-15)14(21)22/h1-3,9H,4-8H2,(H,18,20)(H,21,22). The van der Waals surface area contributed by atoms with E-state index in [-0.39, 0.29) is 34.7 Å². The number of carboxylic acid groups (broad SMARTS) is 1. The molecule has 1 heterocycles. The fourth-order valence-corrected chi connectivity index (χ4v) is 3.35. The van der Waals surface area contributed by atoms with E-state index in [2.05, 4.69) is 5.32 Å². The number of hydrogen-bond acceptors (Lipinski definition) is 3. The number of likely N-dealkylation sites (tertiary alicyclic amines) is 1. The molecule has 1 aliphatic heterocycles. The fraction of sp³-hybridized carbons (Fsp3) is 0.467. The highest BCUT2D eigenvalue weighted by Crippen LogP contribution is 2.48. The van der Waals surface area contributed by atoms with Crippen molar-refractivity contribution in [1.29, 1.82) is 0 Å². The average Bonchev–Trinajstić information content (AvgIpc) is 2.40. The van der Waals surface area contributed by atoms with Crippen molar-refractivity contribution in [2.45, 2.75) is 18.9 Å². The molecule has 2 N–H and O–H groups in total. The molecule has 2 aliphatic rings. The third-order valence-corrected chi connectivity index (χ3v) is 4.61. The largest absolute Gasteiger partial charge is 0.484 e. The molecule has 1 spiro atoms. The van der Waals surface area contributed by atoms with Crippen LogP contribution in [0.2, 0.25) is 5.02 Å². The normalized spacial score (nSPS) is 19.0. The molecule has 0 aromatic heterocycles. The van der Waals surface area contributed by atoms with Crippen LogP contribution >= 0.6 is 11.6 Å². The Morgan fingerprint density at radius 3 is 2.74 bits per heavy atom. The third-order valence-electron chi connectivity index (χ3n) is 4.31. The van der Waals surface area contributed by atoms with Gasteiger partial charge in [-0.15, -0.1) is 0 Å². The molecule has 0 radical (unpaired) electrons. The molecule has 23 heavy (non-hydrogen) atoms. The SMILES string of the molecule is O=C(COc1ccc(Cl)c(F)c1)NC1CC2(C1)CN(C(=O)O)C2. The van der Waals surface area contributed by atoms with Gasteiger partial charge < -0.3 is 20.1 Å². The van der Waals surface area contributed by atoms with Gasteiger partial charge in [0, 0.05) is 30.6 Å². The minimum Gasteiger partial charge on any atom is -0.484 e. The second kappa shape index (κ2) is 5.88. The second-order valence-electron chi connectivity index (χ2n) is 6.18. The summed E-state index contributed by atoms with van der Waals surface area (Å²) in [5.41, 5.74) is 0.0382. The first-order chi connectivity index (χ1) is 10.9. The Balaban J connectivity index is 1.38. The number of nitrogens with one attached hydrogen (secondary N) is 1. The number of halogens is 2. The lowest BCUT2D eigenvalue weighted by atomic mass is 9.61. The van der Waals surface area contributed by atoms with Gasteiger partial charge >= 0.3 is 6.09 Å². The molecular formula is C15H16ClFN2O4. The number of benzene rings is 1. The molecule has 1 aromatic carbocycles. The maximum Gasteiger partial charge on any atom is 0.407 e. The highest BCUT2D eigenvalue weighted by atomic mass is 35.5. The zero-order valence-electron chi connectivity index (χ0n) is 12.2. The number of hydrogen-bond donors (Lipinski definition) is 2. The summed E-state index contributed by atoms with van der Waals surface area (Å²) in [6, 6.07) is 4.03. The lowest BCUT2D eigenvalue weighted by Crippen LogP contribution is -2.67. The molecular weight excluding hydrogens is 327 g/mol. The predicted octanol–water partition coefficient (Wildman–Crippen LogP) is 2.12. The molecule has 6 nitrogen and oxygen atoms in total. The van der Waals surface area contributed by atoms with E-state index >= 15 is 0 Å². The van der Waals surface area contributed by atoms with E-state index in [4.69, 9.17) is 21.4 Å². The lowest BCUT2D eigenvalue weighted by Gasteiger charge is -2.58. The molecule has 1 saturated carbocycles. The zero-order chi connectivity index (χ0) is 16.6. The summed E-state index contributed by atoms with van der Waals surface area (Å²) >= 11 is 5.56. The molecule has 1 saturated heterocycles. The molecule has 0 unspecified atom stereocenters. The maximum absolute atomic E-state index is 13.2. The van der Waals surface area contributed by atoms with Crippen LogP contribution in [0.3, 0.4) is 0 Å². The molecule has 0 atom stereocenters. The van der Waals surface area contributed by atoms with E-state index in [1.807, 2.05) is 0 Å². The molecule has 1 aliphatic carbocycles. The van der Waals surface area contributed by atoms with Gasteiger partial charge in [-0.25, -0.2) is 9.18 Å². The predicted molar refractivity (Wildman–Crippen MR) is 80.1 cm³/mol. The van der Waals surface area contributed by atoms with Crippen molar-refractivity contribution in [3.8, 4) is 5.75 Å². The Morgan fingerprint density at radius 1 is 1.43 bits per heavy atom. The van der Waals surface area contributed by atoms with Crippen LogP contribution in [0.4, 0.5) is 9.18 Å². The van der Waals surface area contributed by atoms with E-state index in [1.165, 1.54) is 17.0 Å². The first-order valence-corrected chi connectivity index (χ1v) is 7.60. The summed E-state index contributed by atoms with van der Waals surface area (Å²) in [6.45, 7) is 0.871. The monoisotopic (exact) mass is 342 g/mol. The van der Waals surface area contributed by atoms with Gasteiger partial charge in [-0.3, -0.25) is 4.79 Å². The summed E-state index contributed by atoms with van der Waals surface area (Å²) in [5, 5.41) is 11.6. The minimum atomic E-state index is -0.897. The summed E-state index contributed by atoms with van der Waals surface area (Å²) in [5.74, 6) is -0.642. The van der Waals surface area contributed by atoms with E-state index in [1.54, 1.807) is 0 Å². The van der Waals surface area contributed by atoms with Gasteiger partial charge in [0.15, 0.2) is 6.61 Å². The molecule has 124 valence electrons. The van der Waals surface area contributed by atoms with Crippen LogP contribution in [0, 0.1) is 11.2 Å². The summed E-state index contributed by atoms with van der Waals surface area (Å²) in [6.07, 6.45) is 0.655. The topological polar surface area (TPSA) is 78.9 Å². The van der Waals surface area contributed by atoms with Crippen molar-refractivity contribution in [2.75, 3.05) is 19.7 Å². The Morgan fingerprint density at radius 2 is 2.13 bits per heavy atom. The number of ether oxygens (including phenoxy) is 1. The number of amides is 2. The number of carbonyl (C=O) groups is 2. The maximum atomic E-state index is 13.2. The Hall–Kier alpha value is -2.02. The molecule has 2 fully saturated rings. The first kappa shape index (κ1) is 15.9. The Kier molecular flexibility index (Phi) is 4.06. The van der Waals surface area contributed by atoms with Crippen LogP contribution in [0.25, 0.3) is 0 Å². The summed E-state index contributed by atoms with van der Waals surface area (Å²) < 4.78 is 18.5. The summed E-state index contributed by atoms with van der Waals surface area (Å²) in [4.78, 5) is 23.9. The Labute approximate surface area is 137 Å². The van der Waals surface area contributed by atoms with Crippen molar-refractivity contribution in [3.05, 3.63) is 29.0 Å².